The quantitative estimate of drug-likeness (QED) is 0.818. The summed E-state index contributed by atoms with van der Waals surface area (Å²) in [6, 6.07) is 4.05. The molecule has 1 aromatic rings. The number of thioether (sulfide) groups is 1. The molecule has 0 fully saturated rings. The number of furan rings is 1. The average Bonchev–Trinajstić information content (AvgIpc) is 2.48. The predicted octanol–water partition coefficient (Wildman–Crippen LogP) is 2.88. The molecular formula is C10H18N2OS. The Morgan fingerprint density at radius 1 is 1.43 bits per heavy atom. The third-order valence-corrected chi connectivity index (χ3v) is 2.22. The van der Waals surface area contributed by atoms with Gasteiger partial charge in [-0.2, -0.15) is 0 Å². The van der Waals surface area contributed by atoms with E-state index in [2.05, 4.69) is 11.5 Å². The largest absolute Gasteiger partial charge is 0.464 e. The molecule has 0 spiro atoms. The van der Waals surface area contributed by atoms with E-state index in [-0.39, 0.29) is 6.15 Å². The Bertz CT molecular complexity index is 271. The van der Waals surface area contributed by atoms with Crippen LogP contribution in [0, 0.1) is 0 Å². The molecule has 80 valence electrons. The van der Waals surface area contributed by atoms with E-state index in [1.165, 1.54) is 0 Å². The van der Waals surface area contributed by atoms with Crippen LogP contribution in [0.25, 0.3) is 0 Å². The number of hydrogen-bond donors (Lipinski definition) is 1. The summed E-state index contributed by atoms with van der Waals surface area (Å²) in [5.41, 5.74) is 0. The first-order valence-electron chi connectivity index (χ1n) is 4.17. The van der Waals surface area contributed by atoms with Gasteiger partial charge in [-0.3, -0.25) is 0 Å². The lowest BCUT2D eigenvalue weighted by Gasteiger charge is -2.05. The lowest BCUT2D eigenvalue weighted by atomic mass is 10.4. The minimum atomic E-state index is 0. The molecule has 0 saturated heterocycles. The van der Waals surface area contributed by atoms with Gasteiger partial charge in [-0.1, -0.05) is 6.58 Å². The summed E-state index contributed by atoms with van der Waals surface area (Å²) in [5, 5.41) is 1.83. The van der Waals surface area contributed by atoms with Crippen LogP contribution >= 0.6 is 11.8 Å². The van der Waals surface area contributed by atoms with Crippen LogP contribution < -0.4 is 6.15 Å². The van der Waals surface area contributed by atoms with Gasteiger partial charge in [0.2, 0.25) is 0 Å². The topological polar surface area (TPSA) is 51.4 Å². The summed E-state index contributed by atoms with van der Waals surface area (Å²) in [4.78, 5) is 2.09. The average molecular weight is 214 g/mol. The highest BCUT2D eigenvalue weighted by Crippen LogP contribution is 2.16. The van der Waals surface area contributed by atoms with Crippen molar-refractivity contribution in [2.45, 2.75) is 12.3 Å². The molecule has 3 nitrogen and oxygen atoms in total. The van der Waals surface area contributed by atoms with E-state index in [1.807, 2.05) is 31.6 Å². The second kappa shape index (κ2) is 6.70. The van der Waals surface area contributed by atoms with Gasteiger partial charge in [-0.25, -0.2) is 0 Å². The van der Waals surface area contributed by atoms with E-state index in [4.69, 9.17) is 4.42 Å². The molecule has 1 heterocycles. The van der Waals surface area contributed by atoms with Gasteiger partial charge in [0.15, 0.2) is 0 Å². The molecule has 0 aliphatic carbocycles. The fourth-order valence-corrected chi connectivity index (χ4v) is 1.47. The second-order valence-electron chi connectivity index (χ2n) is 3.08. The van der Waals surface area contributed by atoms with Crippen LogP contribution in [0.2, 0.25) is 0 Å². The van der Waals surface area contributed by atoms with Crippen LogP contribution in [-0.2, 0) is 12.3 Å². The Kier molecular flexibility index (Phi) is 6.36. The molecular weight excluding hydrogens is 196 g/mol. The Morgan fingerprint density at radius 2 is 2.07 bits per heavy atom. The molecule has 0 saturated carbocycles. The third kappa shape index (κ3) is 4.50. The smallest absolute Gasteiger partial charge is 0.118 e. The summed E-state index contributed by atoms with van der Waals surface area (Å²) in [6.07, 6.45) is 0. The van der Waals surface area contributed by atoms with Gasteiger partial charge in [0.25, 0.3) is 0 Å². The summed E-state index contributed by atoms with van der Waals surface area (Å²) < 4.78 is 5.59. The monoisotopic (exact) mass is 214 g/mol. The van der Waals surface area contributed by atoms with E-state index in [1.54, 1.807) is 11.8 Å². The molecule has 0 aliphatic rings. The van der Waals surface area contributed by atoms with Crippen molar-refractivity contribution in [1.29, 1.82) is 0 Å². The van der Waals surface area contributed by atoms with Crippen molar-refractivity contribution in [3.63, 3.8) is 0 Å². The van der Waals surface area contributed by atoms with Gasteiger partial charge >= 0.3 is 0 Å². The highest BCUT2D eigenvalue weighted by molar-refractivity contribution is 8.01. The fraction of sp³-hybridized carbons (Fsp3) is 0.400. The summed E-state index contributed by atoms with van der Waals surface area (Å²) in [7, 11) is 4.06. The van der Waals surface area contributed by atoms with Crippen LogP contribution in [0.15, 0.2) is 28.5 Å². The van der Waals surface area contributed by atoms with Gasteiger partial charge in [0, 0.05) is 0 Å². The molecule has 14 heavy (non-hydrogen) atoms. The summed E-state index contributed by atoms with van der Waals surface area (Å²) in [5.74, 6) is 2.91. The van der Waals surface area contributed by atoms with Crippen molar-refractivity contribution >= 4 is 11.8 Å². The zero-order valence-corrected chi connectivity index (χ0v) is 9.64. The van der Waals surface area contributed by atoms with Crippen LogP contribution in [0.4, 0.5) is 0 Å². The van der Waals surface area contributed by atoms with E-state index in [0.717, 1.165) is 23.8 Å². The molecule has 0 bridgehead atoms. The second-order valence-corrected chi connectivity index (χ2v) is 4.04. The molecule has 3 N–H and O–H groups in total. The highest BCUT2D eigenvalue weighted by Gasteiger charge is 2.01. The minimum absolute atomic E-state index is 0. The SMILES string of the molecule is C=CSCc1ccc(CN(C)C)o1.N. The predicted molar refractivity (Wildman–Crippen MR) is 62.6 cm³/mol. The van der Waals surface area contributed by atoms with E-state index in [0.29, 0.717) is 0 Å². The van der Waals surface area contributed by atoms with Crippen molar-refractivity contribution in [3.05, 3.63) is 35.6 Å². The first-order valence-corrected chi connectivity index (χ1v) is 5.22. The lowest BCUT2D eigenvalue weighted by Crippen LogP contribution is -2.09. The molecule has 4 heteroatoms. The lowest BCUT2D eigenvalue weighted by molar-refractivity contribution is 0.344. The van der Waals surface area contributed by atoms with Crippen molar-refractivity contribution in [2.24, 2.45) is 0 Å². The molecule has 1 rings (SSSR count). The fourth-order valence-electron chi connectivity index (χ4n) is 1.04. The normalized spacial score (nSPS) is 9.93. The minimum Gasteiger partial charge on any atom is -0.464 e. The van der Waals surface area contributed by atoms with Crippen molar-refractivity contribution in [2.75, 3.05) is 14.1 Å². The molecule has 0 atom stereocenters. The zero-order valence-electron chi connectivity index (χ0n) is 8.82. The van der Waals surface area contributed by atoms with Crippen molar-refractivity contribution < 1.29 is 4.42 Å². The van der Waals surface area contributed by atoms with Crippen LogP contribution in [0.3, 0.4) is 0 Å². The Balaban J connectivity index is 0.00000169. The number of nitrogens with zero attached hydrogens (tertiary/aromatic N) is 1. The Hall–Kier alpha value is -0.710. The Morgan fingerprint density at radius 3 is 2.64 bits per heavy atom. The maximum atomic E-state index is 5.59. The standard InChI is InChI=1S/C10H15NOS.H3N/c1-4-13-8-10-6-5-9(12-10)7-11(2)3;/h4-6H,1,7-8H2,2-3H3;1H3. The maximum Gasteiger partial charge on any atom is 0.118 e. The van der Waals surface area contributed by atoms with E-state index >= 15 is 0 Å². The van der Waals surface area contributed by atoms with Crippen molar-refractivity contribution in [1.82, 2.24) is 11.1 Å². The molecule has 1 aromatic heterocycles. The number of rotatable bonds is 5. The first-order chi connectivity index (χ1) is 6.22. The van der Waals surface area contributed by atoms with E-state index in [9.17, 15) is 0 Å². The first kappa shape index (κ1) is 13.3. The summed E-state index contributed by atoms with van der Waals surface area (Å²) in [6.45, 7) is 4.50. The van der Waals surface area contributed by atoms with Crippen LogP contribution in [0.5, 0.6) is 0 Å². The maximum absolute atomic E-state index is 5.59. The zero-order chi connectivity index (χ0) is 9.68. The molecule has 0 unspecified atom stereocenters. The van der Waals surface area contributed by atoms with E-state index < -0.39 is 0 Å². The molecule has 0 aliphatic heterocycles. The number of hydrogen-bond acceptors (Lipinski definition) is 4. The van der Waals surface area contributed by atoms with Crippen LogP contribution in [0.1, 0.15) is 11.5 Å². The van der Waals surface area contributed by atoms with Gasteiger partial charge in [0.1, 0.15) is 11.5 Å². The van der Waals surface area contributed by atoms with Gasteiger partial charge in [-0.05, 0) is 31.6 Å². The van der Waals surface area contributed by atoms with Gasteiger partial charge < -0.3 is 15.5 Å². The van der Waals surface area contributed by atoms with Crippen LogP contribution in [-0.4, -0.2) is 19.0 Å². The molecule has 0 aromatic carbocycles. The van der Waals surface area contributed by atoms with Gasteiger partial charge in [0.05, 0.1) is 12.3 Å². The molecule has 0 amide bonds. The molecule has 0 radical (unpaired) electrons. The Labute approximate surface area is 89.7 Å². The third-order valence-electron chi connectivity index (χ3n) is 1.53. The summed E-state index contributed by atoms with van der Waals surface area (Å²) >= 11 is 1.65. The van der Waals surface area contributed by atoms with Gasteiger partial charge in [-0.15, -0.1) is 11.8 Å². The highest BCUT2D eigenvalue weighted by atomic mass is 32.2. The van der Waals surface area contributed by atoms with Crippen molar-refractivity contribution in [3.8, 4) is 0 Å².